The first-order valence-electron chi connectivity index (χ1n) is 5.19. The Morgan fingerprint density at radius 3 is 2.80 bits per heavy atom. The molecule has 4 heteroatoms. The molecule has 0 radical (unpaired) electrons. The fraction of sp³-hybridized carbons (Fsp3) is 0.455. The van der Waals surface area contributed by atoms with E-state index in [2.05, 4.69) is 4.98 Å². The maximum Gasteiger partial charge on any atom is 0.214 e. The van der Waals surface area contributed by atoms with E-state index in [-0.39, 0.29) is 0 Å². The van der Waals surface area contributed by atoms with Gasteiger partial charge in [0.15, 0.2) is 0 Å². The molecule has 15 heavy (non-hydrogen) atoms. The minimum atomic E-state index is 0.312. The van der Waals surface area contributed by atoms with Crippen LogP contribution >= 0.6 is 12.2 Å². The van der Waals surface area contributed by atoms with Gasteiger partial charge in [-0.3, -0.25) is 0 Å². The van der Waals surface area contributed by atoms with Gasteiger partial charge in [-0.25, -0.2) is 4.98 Å². The first-order valence-corrected chi connectivity index (χ1v) is 5.60. The topological polar surface area (TPSA) is 48.1 Å². The molecule has 1 heterocycles. The van der Waals surface area contributed by atoms with Gasteiger partial charge in [0.05, 0.1) is 0 Å². The fourth-order valence-corrected chi connectivity index (χ4v) is 1.91. The summed E-state index contributed by atoms with van der Waals surface area (Å²) in [6.07, 6.45) is 5.07. The number of aromatic nitrogens is 1. The van der Waals surface area contributed by atoms with Crippen molar-refractivity contribution in [1.29, 1.82) is 0 Å². The van der Waals surface area contributed by atoms with E-state index >= 15 is 0 Å². The molecular weight excluding hydrogens is 208 g/mol. The Morgan fingerprint density at radius 1 is 1.40 bits per heavy atom. The minimum absolute atomic E-state index is 0.312. The number of nitrogens with zero attached hydrogens (tertiary/aromatic N) is 1. The van der Waals surface area contributed by atoms with Gasteiger partial charge in [-0.2, -0.15) is 0 Å². The Hall–Kier alpha value is -1.16. The van der Waals surface area contributed by atoms with Crippen molar-refractivity contribution in [3.8, 4) is 5.88 Å². The molecular formula is C11H14N2OS. The lowest BCUT2D eigenvalue weighted by Crippen LogP contribution is -2.15. The summed E-state index contributed by atoms with van der Waals surface area (Å²) in [6.45, 7) is 0. The fourth-order valence-electron chi connectivity index (χ4n) is 1.79. The first-order chi connectivity index (χ1) is 7.25. The van der Waals surface area contributed by atoms with E-state index in [1.165, 1.54) is 12.8 Å². The molecule has 2 rings (SSSR count). The van der Waals surface area contributed by atoms with Crippen molar-refractivity contribution in [3.63, 3.8) is 0 Å². The summed E-state index contributed by atoms with van der Waals surface area (Å²) in [4.78, 5) is 4.56. The summed E-state index contributed by atoms with van der Waals surface area (Å²) in [5, 5.41) is 0. The molecule has 80 valence electrons. The first kappa shape index (κ1) is 10.4. The molecule has 0 atom stereocenters. The molecule has 3 nitrogen and oxygen atoms in total. The van der Waals surface area contributed by atoms with E-state index in [0.717, 1.165) is 12.8 Å². The normalized spacial score (nSPS) is 16.5. The lowest BCUT2D eigenvalue weighted by Gasteiger charge is -2.12. The van der Waals surface area contributed by atoms with Gasteiger partial charge in [0, 0.05) is 6.07 Å². The molecule has 1 fully saturated rings. The zero-order valence-electron chi connectivity index (χ0n) is 8.48. The van der Waals surface area contributed by atoms with Crippen molar-refractivity contribution in [2.75, 3.05) is 0 Å². The van der Waals surface area contributed by atoms with Crippen LogP contribution in [0.5, 0.6) is 5.88 Å². The van der Waals surface area contributed by atoms with Crippen molar-refractivity contribution >= 4 is 17.2 Å². The molecule has 1 aromatic heterocycles. The van der Waals surface area contributed by atoms with Crippen LogP contribution in [-0.2, 0) is 0 Å². The highest BCUT2D eigenvalue weighted by Crippen LogP contribution is 2.22. The molecule has 0 spiro atoms. The number of hydrogen-bond donors (Lipinski definition) is 1. The number of rotatable bonds is 3. The van der Waals surface area contributed by atoms with Gasteiger partial charge < -0.3 is 10.5 Å². The van der Waals surface area contributed by atoms with Crippen molar-refractivity contribution in [3.05, 3.63) is 23.9 Å². The Labute approximate surface area is 94.6 Å². The summed E-state index contributed by atoms with van der Waals surface area (Å²) in [5.41, 5.74) is 6.13. The smallest absolute Gasteiger partial charge is 0.214 e. The molecule has 0 saturated heterocycles. The third-order valence-electron chi connectivity index (χ3n) is 2.57. The average molecular weight is 222 g/mol. The van der Waals surface area contributed by atoms with Crippen molar-refractivity contribution < 1.29 is 4.74 Å². The van der Waals surface area contributed by atoms with Crippen LogP contribution in [0.3, 0.4) is 0 Å². The van der Waals surface area contributed by atoms with E-state index in [0.29, 0.717) is 22.7 Å². The van der Waals surface area contributed by atoms with Crippen LogP contribution in [0.1, 0.15) is 31.4 Å². The predicted octanol–water partition coefficient (Wildman–Crippen LogP) is 2.04. The van der Waals surface area contributed by atoms with Gasteiger partial charge in [-0.15, -0.1) is 0 Å². The summed E-state index contributed by atoms with van der Waals surface area (Å²) in [6, 6.07) is 5.51. The molecule has 0 unspecified atom stereocenters. The van der Waals surface area contributed by atoms with Crippen molar-refractivity contribution in [2.45, 2.75) is 31.8 Å². The summed E-state index contributed by atoms with van der Waals surface area (Å²) < 4.78 is 5.74. The summed E-state index contributed by atoms with van der Waals surface area (Å²) >= 11 is 4.86. The SMILES string of the molecule is NC(=S)c1cccc(OC2CCCC2)n1. The molecule has 0 bridgehead atoms. The Balaban J connectivity index is 2.07. The second-order valence-electron chi connectivity index (χ2n) is 3.75. The van der Waals surface area contributed by atoms with Gasteiger partial charge in [0.2, 0.25) is 5.88 Å². The molecule has 2 N–H and O–H groups in total. The van der Waals surface area contributed by atoms with Gasteiger partial charge in [-0.1, -0.05) is 18.3 Å². The molecule has 0 aromatic carbocycles. The van der Waals surface area contributed by atoms with Gasteiger partial charge in [0.25, 0.3) is 0 Å². The quantitative estimate of drug-likeness (QED) is 0.795. The minimum Gasteiger partial charge on any atom is -0.474 e. The van der Waals surface area contributed by atoms with E-state index in [9.17, 15) is 0 Å². The second-order valence-corrected chi connectivity index (χ2v) is 4.19. The molecule has 0 aliphatic heterocycles. The molecule has 1 aromatic rings. The zero-order chi connectivity index (χ0) is 10.7. The van der Waals surface area contributed by atoms with Crippen LogP contribution in [0.4, 0.5) is 0 Å². The van der Waals surface area contributed by atoms with Gasteiger partial charge in [-0.05, 0) is 31.7 Å². The lowest BCUT2D eigenvalue weighted by molar-refractivity contribution is 0.201. The van der Waals surface area contributed by atoms with E-state index < -0.39 is 0 Å². The number of nitrogens with two attached hydrogens (primary N) is 1. The van der Waals surface area contributed by atoms with Gasteiger partial charge in [0.1, 0.15) is 16.8 Å². The maximum atomic E-state index is 5.74. The highest BCUT2D eigenvalue weighted by atomic mass is 32.1. The van der Waals surface area contributed by atoms with Crippen LogP contribution < -0.4 is 10.5 Å². The van der Waals surface area contributed by atoms with Crippen molar-refractivity contribution in [2.24, 2.45) is 5.73 Å². The van der Waals surface area contributed by atoms with E-state index in [4.69, 9.17) is 22.7 Å². The average Bonchev–Trinajstić information content (AvgIpc) is 2.71. The highest BCUT2D eigenvalue weighted by Gasteiger charge is 2.17. The second kappa shape index (κ2) is 4.57. The van der Waals surface area contributed by atoms with Crippen LogP contribution in [0, 0.1) is 0 Å². The van der Waals surface area contributed by atoms with Crippen LogP contribution in [-0.4, -0.2) is 16.1 Å². The van der Waals surface area contributed by atoms with Crippen LogP contribution in [0.25, 0.3) is 0 Å². The lowest BCUT2D eigenvalue weighted by atomic mass is 10.3. The zero-order valence-corrected chi connectivity index (χ0v) is 9.30. The number of pyridine rings is 1. The number of ether oxygens (including phenoxy) is 1. The van der Waals surface area contributed by atoms with Crippen LogP contribution in [0.2, 0.25) is 0 Å². The summed E-state index contributed by atoms with van der Waals surface area (Å²) in [7, 11) is 0. The molecule has 1 aliphatic carbocycles. The van der Waals surface area contributed by atoms with Gasteiger partial charge >= 0.3 is 0 Å². The maximum absolute atomic E-state index is 5.74. The van der Waals surface area contributed by atoms with E-state index in [1.54, 1.807) is 6.07 Å². The Kier molecular flexibility index (Phi) is 3.16. The molecule has 1 saturated carbocycles. The monoisotopic (exact) mass is 222 g/mol. The number of thiocarbonyl (C=S) groups is 1. The standard InChI is InChI=1S/C11H14N2OS/c12-11(15)9-6-3-7-10(13-9)14-8-4-1-2-5-8/h3,6-8H,1-2,4-5H2,(H2,12,15). The number of hydrogen-bond acceptors (Lipinski definition) is 3. The Bertz CT molecular complexity index is 361. The van der Waals surface area contributed by atoms with Crippen molar-refractivity contribution in [1.82, 2.24) is 4.98 Å². The third kappa shape index (κ3) is 2.65. The largest absolute Gasteiger partial charge is 0.474 e. The summed E-state index contributed by atoms with van der Waals surface area (Å²) in [5.74, 6) is 0.632. The van der Waals surface area contributed by atoms with Crippen LogP contribution in [0.15, 0.2) is 18.2 Å². The van der Waals surface area contributed by atoms with E-state index in [1.807, 2.05) is 12.1 Å². The predicted molar refractivity (Wildman–Crippen MR) is 63.0 cm³/mol. The molecule has 0 amide bonds. The Morgan fingerprint density at radius 2 is 2.13 bits per heavy atom. The third-order valence-corrected chi connectivity index (χ3v) is 2.77. The molecule has 1 aliphatic rings. The highest BCUT2D eigenvalue weighted by molar-refractivity contribution is 7.80.